The van der Waals surface area contributed by atoms with Crippen LogP contribution < -0.4 is 21.2 Å². The van der Waals surface area contributed by atoms with E-state index in [1.807, 2.05) is 19.9 Å². The maximum Gasteiger partial charge on any atom is 0.407 e. The third-order valence-electron chi connectivity index (χ3n) is 5.16. The lowest BCUT2D eigenvalue weighted by molar-refractivity contribution is -0.140. The fraction of sp³-hybridized carbons (Fsp3) is 0.480. The number of nitrogens with zero attached hydrogens (tertiary/aromatic N) is 1. The number of carbonyl (C=O) groups is 4. The minimum absolute atomic E-state index is 0.0144. The summed E-state index contributed by atoms with van der Waals surface area (Å²) in [5, 5.41) is 14.6. The number of alkyl carbamates (subject to hydrolysis) is 1. The van der Waals surface area contributed by atoms with Crippen molar-refractivity contribution in [1.29, 1.82) is 0 Å². The van der Waals surface area contributed by atoms with Crippen LogP contribution >= 0.6 is 0 Å². The quantitative estimate of drug-likeness (QED) is 0.170. The summed E-state index contributed by atoms with van der Waals surface area (Å²) in [5.74, 6) is -3.26. The lowest BCUT2D eigenvalue weighted by Crippen LogP contribution is -2.48. The Hall–Kier alpha value is -3.73. The van der Waals surface area contributed by atoms with Gasteiger partial charge in [-0.25, -0.2) is 9.59 Å². The third-order valence-corrected chi connectivity index (χ3v) is 5.16. The molecule has 36 heavy (non-hydrogen) atoms. The first-order chi connectivity index (χ1) is 16.9. The van der Waals surface area contributed by atoms with E-state index in [9.17, 15) is 24.0 Å². The van der Waals surface area contributed by atoms with E-state index < -0.39 is 47.3 Å². The maximum absolute atomic E-state index is 13.2. The molecule has 2 rings (SSSR count). The number of Topliss-reactive ketones (excluding diaryl/α,β-unsaturated/α-hetero) is 2. The molecule has 1 unspecified atom stereocenters. The fourth-order valence-corrected chi connectivity index (χ4v) is 3.51. The van der Waals surface area contributed by atoms with Crippen molar-refractivity contribution in [3.05, 3.63) is 40.2 Å². The molecule has 0 aliphatic rings. The molecule has 11 nitrogen and oxygen atoms in total. The number of aliphatic carboxylic acids is 1. The number of ether oxygens (including phenoxy) is 1. The average Bonchev–Trinajstić information content (AvgIpc) is 2.77. The molecule has 196 valence electrons. The topological polar surface area (TPSA) is 155 Å². The van der Waals surface area contributed by atoms with Crippen LogP contribution in [0.5, 0.6) is 0 Å². The Morgan fingerprint density at radius 2 is 1.75 bits per heavy atom. The van der Waals surface area contributed by atoms with Crippen LogP contribution in [0.3, 0.4) is 0 Å². The number of amides is 1. The van der Waals surface area contributed by atoms with Crippen molar-refractivity contribution >= 4 is 40.3 Å². The summed E-state index contributed by atoms with van der Waals surface area (Å²) in [6.45, 7) is 10.5. The van der Waals surface area contributed by atoms with E-state index in [-0.39, 0.29) is 24.2 Å². The molecule has 0 radical (unpaired) electrons. The van der Waals surface area contributed by atoms with E-state index >= 15 is 0 Å². The number of carboxylic acids is 1. The number of hydrogen-bond donors (Lipinski definition) is 3. The molecule has 0 fully saturated rings. The second-order valence-corrected chi connectivity index (χ2v) is 9.06. The molecule has 1 heterocycles. The lowest BCUT2D eigenvalue weighted by Gasteiger charge is -2.21. The van der Waals surface area contributed by atoms with Crippen molar-refractivity contribution in [2.75, 3.05) is 31.1 Å². The van der Waals surface area contributed by atoms with Gasteiger partial charge in [-0.05, 0) is 52.8 Å². The van der Waals surface area contributed by atoms with Gasteiger partial charge in [0.25, 0.3) is 0 Å². The molecule has 1 atom stereocenters. The monoisotopic (exact) mass is 503 g/mol. The number of carboxylic acid groups (broad SMARTS) is 1. The van der Waals surface area contributed by atoms with Crippen LogP contribution in [0.2, 0.25) is 0 Å². The zero-order chi connectivity index (χ0) is 27.0. The van der Waals surface area contributed by atoms with E-state index in [0.29, 0.717) is 5.39 Å². The van der Waals surface area contributed by atoms with Crippen molar-refractivity contribution in [2.24, 2.45) is 0 Å². The molecular weight excluding hydrogens is 470 g/mol. The number of anilines is 1. The second-order valence-electron chi connectivity index (χ2n) is 9.06. The number of ketones is 2. The van der Waals surface area contributed by atoms with Gasteiger partial charge >= 0.3 is 17.7 Å². The second kappa shape index (κ2) is 12.3. The number of benzene rings is 1. The first-order valence-corrected chi connectivity index (χ1v) is 11.7. The van der Waals surface area contributed by atoms with E-state index in [1.165, 1.54) is 6.07 Å². The number of nitrogens with one attached hydrogen (secondary N) is 2. The number of rotatable bonds is 12. The Morgan fingerprint density at radius 3 is 2.33 bits per heavy atom. The van der Waals surface area contributed by atoms with Crippen molar-refractivity contribution in [1.82, 2.24) is 10.6 Å². The van der Waals surface area contributed by atoms with Crippen LogP contribution in [0.1, 0.15) is 51.4 Å². The molecule has 0 aliphatic carbocycles. The van der Waals surface area contributed by atoms with Crippen molar-refractivity contribution in [3.8, 4) is 0 Å². The summed E-state index contributed by atoms with van der Waals surface area (Å²) in [5.41, 5.74) is -0.892. The molecule has 1 aromatic carbocycles. The largest absolute Gasteiger partial charge is 0.481 e. The summed E-state index contributed by atoms with van der Waals surface area (Å²) >= 11 is 0. The van der Waals surface area contributed by atoms with Crippen molar-refractivity contribution in [3.63, 3.8) is 0 Å². The van der Waals surface area contributed by atoms with Gasteiger partial charge in [-0.3, -0.25) is 19.7 Å². The van der Waals surface area contributed by atoms with Crippen LogP contribution in [0.4, 0.5) is 10.5 Å². The van der Waals surface area contributed by atoms with Gasteiger partial charge in [-0.2, -0.15) is 0 Å². The van der Waals surface area contributed by atoms with Crippen molar-refractivity contribution in [2.45, 2.75) is 52.7 Å². The Balaban J connectivity index is 2.26. The number of fused-ring (bicyclic) bond motifs is 1. The average molecular weight is 504 g/mol. The van der Waals surface area contributed by atoms with Crippen LogP contribution in [0.25, 0.3) is 11.0 Å². The van der Waals surface area contributed by atoms with Crippen LogP contribution in [0, 0.1) is 0 Å². The predicted octanol–water partition coefficient (Wildman–Crippen LogP) is 2.35. The normalized spacial score (nSPS) is 12.1. The summed E-state index contributed by atoms with van der Waals surface area (Å²) in [6, 6.07) is 4.95. The highest BCUT2D eigenvalue weighted by Crippen LogP contribution is 2.22. The van der Waals surface area contributed by atoms with Crippen LogP contribution in [-0.4, -0.2) is 66.6 Å². The molecule has 0 saturated carbocycles. The van der Waals surface area contributed by atoms with E-state index in [2.05, 4.69) is 15.5 Å². The maximum atomic E-state index is 13.2. The smallest absolute Gasteiger partial charge is 0.407 e. The summed E-state index contributed by atoms with van der Waals surface area (Å²) in [4.78, 5) is 63.3. The summed E-state index contributed by atoms with van der Waals surface area (Å²) in [7, 11) is 0. The molecule has 0 spiro atoms. The minimum atomic E-state index is -1.61. The molecule has 3 N–H and O–H groups in total. The molecular formula is C25H33N3O8. The van der Waals surface area contributed by atoms with Crippen molar-refractivity contribution < 1.29 is 33.4 Å². The molecule has 0 bridgehead atoms. The molecule has 1 amide bonds. The molecule has 1 aromatic heterocycles. The van der Waals surface area contributed by atoms with Gasteiger partial charge in [0.1, 0.15) is 29.2 Å². The third kappa shape index (κ3) is 7.91. The van der Waals surface area contributed by atoms with Crippen LogP contribution in [-0.2, 0) is 14.3 Å². The predicted molar refractivity (Wildman–Crippen MR) is 134 cm³/mol. The Labute approximate surface area is 208 Å². The van der Waals surface area contributed by atoms with Gasteiger partial charge < -0.3 is 24.5 Å². The fourth-order valence-electron chi connectivity index (χ4n) is 3.51. The highest BCUT2D eigenvalue weighted by molar-refractivity contribution is 6.17. The lowest BCUT2D eigenvalue weighted by atomic mass is 9.99. The number of carbonyl (C=O) groups excluding carboxylic acids is 3. The summed E-state index contributed by atoms with van der Waals surface area (Å²) < 4.78 is 10.5. The van der Waals surface area contributed by atoms with Gasteiger partial charge in [0, 0.05) is 43.3 Å². The first kappa shape index (κ1) is 28.5. The van der Waals surface area contributed by atoms with E-state index in [1.54, 1.807) is 32.9 Å². The zero-order valence-electron chi connectivity index (χ0n) is 21.2. The van der Waals surface area contributed by atoms with Gasteiger partial charge in [-0.1, -0.05) is 0 Å². The number of hydrogen-bond acceptors (Lipinski definition) is 9. The van der Waals surface area contributed by atoms with Gasteiger partial charge in [-0.15, -0.1) is 0 Å². The van der Waals surface area contributed by atoms with Gasteiger partial charge in [0.2, 0.25) is 0 Å². The molecule has 0 aliphatic heterocycles. The van der Waals surface area contributed by atoms with Crippen LogP contribution in [0.15, 0.2) is 33.5 Å². The Morgan fingerprint density at radius 1 is 1.08 bits per heavy atom. The molecule has 11 heteroatoms. The van der Waals surface area contributed by atoms with Gasteiger partial charge in [0.15, 0.2) is 11.6 Å². The molecule has 0 saturated heterocycles. The minimum Gasteiger partial charge on any atom is -0.481 e. The Kier molecular flexibility index (Phi) is 9.74. The summed E-state index contributed by atoms with van der Waals surface area (Å²) in [6.07, 6.45) is -1.61. The zero-order valence-corrected chi connectivity index (χ0v) is 21.2. The molecule has 2 aromatic rings. The van der Waals surface area contributed by atoms with E-state index in [4.69, 9.17) is 14.3 Å². The van der Waals surface area contributed by atoms with Gasteiger partial charge in [0.05, 0.1) is 0 Å². The Bertz CT molecular complexity index is 1180. The first-order valence-electron chi connectivity index (χ1n) is 11.7. The highest BCUT2D eigenvalue weighted by atomic mass is 16.6. The standard InChI is InChI=1S/C25H33N3O8/c1-6-28(7-2)16-9-8-15-12-17(23(33)35-19(15)13-16)22(32)21(18(29)14-20(30)31)26-10-11-27-24(34)36-25(3,4)5/h8-9,12-13,21,26H,6-7,10-11,14H2,1-5H3,(H,27,34)(H,30,31). The SMILES string of the molecule is CCN(CC)c1ccc2cc(C(=O)C(NCCNC(=O)OC(C)(C)C)C(=O)CC(=O)O)c(=O)oc2c1. The van der Waals surface area contributed by atoms with E-state index in [0.717, 1.165) is 18.8 Å². The highest BCUT2D eigenvalue weighted by Gasteiger charge is 2.31.